The zero-order chi connectivity index (χ0) is 19.6. The van der Waals surface area contributed by atoms with Crippen molar-refractivity contribution < 1.29 is 9.18 Å². The van der Waals surface area contributed by atoms with E-state index < -0.39 is 17.5 Å². The molecule has 0 radical (unpaired) electrons. The molecule has 2 N–H and O–H groups in total. The zero-order valence-electron chi connectivity index (χ0n) is 15.4. The minimum absolute atomic E-state index is 0.0146. The Hall–Kier alpha value is -3.22. The molecule has 2 heterocycles. The molecule has 6 nitrogen and oxygen atoms in total. The molecule has 7 heteroatoms. The molecule has 0 bridgehead atoms. The molecule has 1 unspecified atom stereocenters. The van der Waals surface area contributed by atoms with E-state index in [1.165, 1.54) is 18.2 Å². The number of aromatic nitrogens is 3. The summed E-state index contributed by atoms with van der Waals surface area (Å²) >= 11 is 0. The number of carbonyl (C=O) groups is 1. The summed E-state index contributed by atoms with van der Waals surface area (Å²) in [5.41, 5.74) is 0.988. The van der Waals surface area contributed by atoms with Gasteiger partial charge in [-0.3, -0.25) is 9.59 Å². The molecular formula is C20H21FN4O2. The molecule has 1 amide bonds. The number of benzene rings is 1. The Morgan fingerprint density at radius 2 is 1.89 bits per heavy atom. The number of carbonyl (C=O) groups excluding carboxylic acids is 1. The maximum Gasteiger partial charge on any atom is 0.261 e. The lowest BCUT2D eigenvalue weighted by atomic mass is 10.0. The van der Waals surface area contributed by atoms with Crippen LogP contribution in [-0.4, -0.2) is 20.4 Å². The normalized spacial score (nSPS) is 12.2. The monoisotopic (exact) mass is 368 g/mol. The van der Waals surface area contributed by atoms with Crippen LogP contribution in [0.5, 0.6) is 0 Å². The summed E-state index contributed by atoms with van der Waals surface area (Å²) in [7, 11) is 1.80. The third kappa shape index (κ3) is 3.97. The van der Waals surface area contributed by atoms with Crippen molar-refractivity contribution in [3.63, 3.8) is 0 Å². The highest BCUT2D eigenvalue weighted by molar-refractivity contribution is 5.94. The van der Waals surface area contributed by atoms with Gasteiger partial charge >= 0.3 is 0 Å². The fourth-order valence-corrected chi connectivity index (χ4v) is 2.82. The molecule has 0 fully saturated rings. The minimum Gasteiger partial charge on any atom is -0.338 e. The highest BCUT2D eigenvalue weighted by Crippen LogP contribution is 2.21. The molecule has 0 saturated heterocycles. The van der Waals surface area contributed by atoms with Crippen LogP contribution in [0.25, 0.3) is 0 Å². The van der Waals surface area contributed by atoms with Crippen LogP contribution in [0.3, 0.4) is 0 Å². The van der Waals surface area contributed by atoms with Crippen LogP contribution in [0.2, 0.25) is 0 Å². The molecule has 1 aromatic carbocycles. The van der Waals surface area contributed by atoms with E-state index in [1.54, 1.807) is 42.2 Å². The number of hydrogen-bond donors (Lipinski definition) is 2. The number of amides is 1. The second kappa shape index (κ2) is 7.57. The average Bonchev–Trinajstić information content (AvgIpc) is 3.06. The predicted octanol–water partition coefficient (Wildman–Crippen LogP) is 2.89. The van der Waals surface area contributed by atoms with Gasteiger partial charge in [-0.15, -0.1) is 0 Å². The van der Waals surface area contributed by atoms with Crippen molar-refractivity contribution in [2.75, 3.05) is 0 Å². The summed E-state index contributed by atoms with van der Waals surface area (Å²) < 4.78 is 15.1. The van der Waals surface area contributed by atoms with E-state index in [9.17, 15) is 14.0 Å². The summed E-state index contributed by atoms with van der Waals surface area (Å²) in [5, 5.41) is 2.84. The van der Waals surface area contributed by atoms with Gasteiger partial charge < -0.3 is 14.9 Å². The largest absolute Gasteiger partial charge is 0.338 e. The van der Waals surface area contributed by atoms with Crippen LogP contribution in [0.15, 0.2) is 53.6 Å². The molecule has 1 atom stereocenters. The number of imidazole rings is 1. The summed E-state index contributed by atoms with van der Waals surface area (Å²) in [6.07, 6.45) is 3.37. The predicted molar refractivity (Wildman–Crippen MR) is 100 cm³/mol. The van der Waals surface area contributed by atoms with Gasteiger partial charge in [0.05, 0.1) is 0 Å². The molecular weight excluding hydrogens is 347 g/mol. The van der Waals surface area contributed by atoms with Crippen molar-refractivity contribution in [3.8, 4) is 0 Å². The summed E-state index contributed by atoms with van der Waals surface area (Å²) in [6, 6.07) is 8.44. The highest BCUT2D eigenvalue weighted by Gasteiger charge is 2.23. The van der Waals surface area contributed by atoms with Crippen molar-refractivity contribution >= 4 is 5.91 Å². The Balaban J connectivity index is 1.95. The van der Waals surface area contributed by atoms with Crippen molar-refractivity contribution in [1.82, 2.24) is 19.9 Å². The summed E-state index contributed by atoms with van der Waals surface area (Å²) in [6.45, 7) is 3.91. The first kappa shape index (κ1) is 18.6. The van der Waals surface area contributed by atoms with Gasteiger partial charge in [-0.2, -0.15) is 0 Å². The smallest absolute Gasteiger partial charge is 0.261 e. The quantitative estimate of drug-likeness (QED) is 0.727. The lowest BCUT2D eigenvalue weighted by molar-refractivity contribution is 0.0939. The Bertz CT molecular complexity index is 1010. The Labute approximate surface area is 156 Å². The molecule has 0 aliphatic carbocycles. The zero-order valence-corrected chi connectivity index (χ0v) is 15.4. The number of hydrogen-bond acceptors (Lipinski definition) is 3. The number of rotatable bonds is 5. The fourth-order valence-electron chi connectivity index (χ4n) is 2.82. The molecule has 0 aliphatic rings. The molecule has 140 valence electrons. The van der Waals surface area contributed by atoms with Crippen LogP contribution in [0.1, 0.15) is 53.2 Å². The number of nitrogens with one attached hydrogen (secondary N) is 2. The van der Waals surface area contributed by atoms with E-state index in [4.69, 9.17) is 0 Å². The molecule has 2 aromatic heterocycles. The second-order valence-corrected chi connectivity index (χ2v) is 6.67. The first-order chi connectivity index (χ1) is 12.9. The SMILES string of the molecule is CC(C)c1ccc(C(=O)NC(c2ccc(F)cc2)c2nccn2C)c(=O)[nH]1. The lowest BCUT2D eigenvalue weighted by Gasteiger charge is -2.19. The third-order valence-corrected chi connectivity index (χ3v) is 4.39. The number of aromatic amines is 1. The Kier molecular flexibility index (Phi) is 5.21. The number of aryl methyl sites for hydroxylation is 1. The maximum absolute atomic E-state index is 13.3. The van der Waals surface area contributed by atoms with E-state index >= 15 is 0 Å². The van der Waals surface area contributed by atoms with Gasteiger partial charge in [0, 0.05) is 25.1 Å². The van der Waals surface area contributed by atoms with Crippen LogP contribution in [0.4, 0.5) is 4.39 Å². The van der Waals surface area contributed by atoms with E-state index in [1.807, 2.05) is 13.8 Å². The molecule has 0 saturated carbocycles. The van der Waals surface area contributed by atoms with Gasteiger partial charge in [0.15, 0.2) is 0 Å². The van der Waals surface area contributed by atoms with Crippen LogP contribution >= 0.6 is 0 Å². The van der Waals surface area contributed by atoms with Crippen molar-refractivity contribution in [3.05, 3.63) is 87.6 Å². The van der Waals surface area contributed by atoms with E-state index in [0.717, 1.165) is 5.69 Å². The summed E-state index contributed by atoms with van der Waals surface area (Å²) in [4.78, 5) is 32.1. The number of pyridine rings is 1. The maximum atomic E-state index is 13.3. The highest BCUT2D eigenvalue weighted by atomic mass is 19.1. The second-order valence-electron chi connectivity index (χ2n) is 6.67. The van der Waals surface area contributed by atoms with Crippen molar-refractivity contribution in [2.24, 2.45) is 7.05 Å². The van der Waals surface area contributed by atoms with Gasteiger partial charge in [-0.05, 0) is 35.7 Å². The van der Waals surface area contributed by atoms with Crippen molar-refractivity contribution in [1.29, 1.82) is 0 Å². The standard InChI is InChI=1S/C20H21FN4O2/c1-12(2)16-9-8-15(19(26)23-16)20(27)24-17(18-22-10-11-25(18)3)13-4-6-14(21)7-5-13/h4-12,17H,1-3H3,(H,23,26)(H,24,27). The average molecular weight is 368 g/mol. The molecule has 3 aromatic rings. The summed E-state index contributed by atoms with van der Waals surface area (Å²) in [5.74, 6) is -0.173. The third-order valence-electron chi connectivity index (χ3n) is 4.39. The minimum atomic E-state index is -0.623. The van der Waals surface area contributed by atoms with Gasteiger partial charge in [-0.1, -0.05) is 26.0 Å². The molecule has 0 spiro atoms. The number of halogens is 1. The fraction of sp³-hybridized carbons (Fsp3) is 0.250. The van der Waals surface area contributed by atoms with Gasteiger partial charge in [0.1, 0.15) is 23.2 Å². The van der Waals surface area contributed by atoms with Crippen LogP contribution in [0, 0.1) is 5.82 Å². The molecule has 3 rings (SSSR count). The number of H-pyrrole nitrogens is 1. The molecule has 0 aliphatic heterocycles. The van der Waals surface area contributed by atoms with Crippen LogP contribution < -0.4 is 10.9 Å². The molecule has 27 heavy (non-hydrogen) atoms. The van der Waals surface area contributed by atoms with Crippen LogP contribution in [-0.2, 0) is 7.05 Å². The van der Waals surface area contributed by atoms with Gasteiger partial charge in [-0.25, -0.2) is 9.37 Å². The first-order valence-corrected chi connectivity index (χ1v) is 8.63. The van der Waals surface area contributed by atoms with Gasteiger partial charge in [0.25, 0.3) is 11.5 Å². The topological polar surface area (TPSA) is 79.8 Å². The van der Waals surface area contributed by atoms with Crippen molar-refractivity contribution in [2.45, 2.75) is 25.8 Å². The Morgan fingerprint density at radius 3 is 2.44 bits per heavy atom. The number of nitrogens with zero attached hydrogens (tertiary/aromatic N) is 2. The lowest BCUT2D eigenvalue weighted by Crippen LogP contribution is -2.34. The van der Waals surface area contributed by atoms with E-state index in [2.05, 4.69) is 15.3 Å². The first-order valence-electron chi connectivity index (χ1n) is 8.63. The Morgan fingerprint density at radius 1 is 1.19 bits per heavy atom. The van der Waals surface area contributed by atoms with Gasteiger partial charge in [0.2, 0.25) is 0 Å². The van der Waals surface area contributed by atoms with E-state index in [0.29, 0.717) is 11.4 Å². The van der Waals surface area contributed by atoms with E-state index in [-0.39, 0.29) is 17.3 Å².